The van der Waals surface area contributed by atoms with Crippen molar-refractivity contribution in [3.8, 4) is 17.5 Å². The van der Waals surface area contributed by atoms with E-state index in [1.165, 1.54) is 4.57 Å². The van der Waals surface area contributed by atoms with Crippen molar-refractivity contribution in [2.45, 2.75) is 0 Å². The van der Waals surface area contributed by atoms with E-state index in [0.717, 1.165) is 0 Å². The van der Waals surface area contributed by atoms with Crippen LogP contribution >= 0.6 is 23.2 Å². The zero-order chi connectivity index (χ0) is 19.7. The number of nitrogens with one attached hydrogen (secondary N) is 1. The summed E-state index contributed by atoms with van der Waals surface area (Å²) in [7, 11) is 0. The summed E-state index contributed by atoms with van der Waals surface area (Å²) in [6.45, 7) is -0.681. The number of nitriles is 1. The van der Waals surface area contributed by atoms with Crippen LogP contribution in [0.5, 0.6) is 5.75 Å². The van der Waals surface area contributed by atoms with Crippen molar-refractivity contribution < 1.29 is 19.8 Å². The number of hydrogen-bond acceptors (Lipinski definition) is 5. The maximum absolute atomic E-state index is 12.2. The molecule has 10 heteroatoms. The largest absolute Gasteiger partial charge is 0.505 e. The Hall–Kier alpha value is -3.28. The highest BCUT2D eigenvalue weighted by Gasteiger charge is 2.27. The number of hydrogen-bond donors (Lipinski definition) is 3. The van der Waals surface area contributed by atoms with Crippen LogP contribution < -0.4 is 5.32 Å². The summed E-state index contributed by atoms with van der Waals surface area (Å²) >= 11 is 12.6. The van der Waals surface area contributed by atoms with E-state index < -0.39 is 29.9 Å². The van der Waals surface area contributed by atoms with Gasteiger partial charge in [-0.25, -0.2) is 4.98 Å². The van der Waals surface area contributed by atoms with Crippen molar-refractivity contribution in [1.82, 2.24) is 14.9 Å². The molecule has 2 aromatic heterocycles. The Morgan fingerprint density at radius 2 is 1.93 bits per heavy atom. The van der Waals surface area contributed by atoms with E-state index in [4.69, 9.17) is 28.3 Å². The molecule has 0 saturated carbocycles. The second kappa shape index (κ2) is 7.15. The van der Waals surface area contributed by atoms with Crippen LogP contribution in [0.2, 0.25) is 10.2 Å². The molecule has 3 N–H and O–H groups in total. The second-order valence-corrected chi connectivity index (χ2v) is 6.08. The molecule has 1 amide bonds. The first-order valence-corrected chi connectivity index (χ1v) is 8.20. The molecule has 2 heterocycles. The Kier molecular flexibility index (Phi) is 4.90. The number of aliphatic carboxylic acids is 1. The normalized spacial score (nSPS) is 10.6. The Labute approximate surface area is 162 Å². The minimum absolute atomic E-state index is 0.0227. The number of pyridine rings is 1. The topological polar surface area (TPSA) is 128 Å². The van der Waals surface area contributed by atoms with Crippen molar-refractivity contribution in [2.75, 3.05) is 6.54 Å². The molecule has 0 saturated heterocycles. The van der Waals surface area contributed by atoms with Crippen molar-refractivity contribution in [1.29, 1.82) is 5.26 Å². The van der Waals surface area contributed by atoms with Gasteiger partial charge in [-0.05, 0) is 12.1 Å². The lowest BCUT2D eigenvalue weighted by Crippen LogP contribution is -2.30. The lowest BCUT2D eigenvalue weighted by molar-refractivity contribution is -0.135. The molecule has 0 unspecified atom stereocenters. The lowest BCUT2D eigenvalue weighted by atomic mass is 10.1. The van der Waals surface area contributed by atoms with Crippen LogP contribution in [0.25, 0.3) is 16.6 Å². The first kappa shape index (κ1) is 18.5. The first-order valence-electron chi connectivity index (χ1n) is 7.44. The number of halogens is 2. The van der Waals surface area contributed by atoms with Crippen molar-refractivity contribution in [3.05, 3.63) is 51.9 Å². The van der Waals surface area contributed by atoms with Crippen LogP contribution in [-0.2, 0) is 4.79 Å². The van der Waals surface area contributed by atoms with E-state index in [9.17, 15) is 20.0 Å². The molecule has 3 aromatic rings. The molecule has 27 heavy (non-hydrogen) atoms. The van der Waals surface area contributed by atoms with Crippen LogP contribution in [0.4, 0.5) is 0 Å². The SMILES string of the molecule is N#Cc1nc(C(=O)NCC(=O)O)c(O)c2c(Cl)c(Cl)n(-c3ccccc3)c12. The van der Waals surface area contributed by atoms with Gasteiger partial charge in [0.2, 0.25) is 0 Å². The average molecular weight is 405 g/mol. The van der Waals surface area contributed by atoms with Crippen LogP contribution in [0.15, 0.2) is 30.3 Å². The van der Waals surface area contributed by atoms with Gasteiger partial charge in [0.15, 0.2) is 17.1 Å². The zero-order valence-electron chi connectivity index (χ0n) is 13.4. The van der Waals surface area contributed by atoms with Gasteiger partial charge in [0.1, 0.15) is 17.8 Å². The number of aromatic nitrogens is 2. The van der Waals surface area contributed by atoms with E-state index in [0.29, 0.717) is 5.69 Å². The minimum atomic E-state index is -1.28. The van der Waals surface area contributed by atoms with Crippen molar-refractivity contribution in [3.63, 3.8) is 0 Å². The number of benzene rings is 1. The van der Waals surface area contributed by atoms with Gasteiger partial charge in [-0.2, -0.15) is 5.26 Å². The number of carbonyl (C=O) groups excluding carboxylic acids is 1. The van der Waals surface area contributed by atoms with Gasteiger partial charge in [0.25, 0.3) is 5.91 Å². The standard InChI is InChI=1S/C17H10Cl2N4O4/c18-12-11-14(23(16(12)19)8-4-2-1-3-5-8)9(6-20)22-13(15(11)26)17(27)21-7-10(24)25/h1-5,26H,7H2,(H,21,27)(H,24,25). The van der Waals surface area contributed by atoms with Crippen molar-refractivity contribution in [2.24, 2.45) is 0 Å². The highest BCUT2D eigenvalue weighted by atomic mass is 35.5. The van der Waals surface area contributed by atoms with Gasteiger partial charge in [-0.15, -0.1) is 0 Å². The highest BCUT2D eigenvalue weighted by Crippen LogP contribution is 2.43. The molecule has 0 spiro atoms. The third-order valence-corrected chi connectivity index (χ3v) is 4.52. The number of rotatable bonds is 4. The average Bonchev–Trinajstić information content (AvgIpc) is 2.92. The molecule has 0 aliphatic carbocycles. The van der Waals surface area contributed by atoms with E-state index in [2.05, 4.69) is 10.3 Å². The van der Waals surface area contributed by atoms with Gasteiger partial charge >= 0.3 is 5.97 Å². The molecule has 0 aliphatic heterocycles. The van der Waals surface area contributed by atoms with Gasteiger partial charge in [-0.3, -0.25) is 14.2 Å². The van der Waals surface area contributed by atoms with Gasteiger partial charge < -0.3 is 15.5 Å². The molecule has 0 atom stereocenters. The summed E-state index contributed by atoms with van der Waals surface area (Å²) in [6, 6.07) is 10.6. The molecule has 1 aromatic carbocycles. The predicted molar refractivity (Wildman–Crippen MR) is 97.4 cm³/mol. The van der Waals surface area contributed by atoms with Gasteiger partial charge in [-0.1, -0.05) is 41.4 Å². The van der Waals surface area contributed by atoms with Crippen LogP contribution in [0.1, 0.15) is 16.2 Å². The number of carboxylic acid groups (broad SMARTS) is 1. The Morgan fingerprint density at radius 1 is 1.26 bits per heavy atom. The summed E-state index contributed by atoms with van der Waals surface area (Å²) in [4.78, 5) is 26.7. The molecule has 3 rings (SSSR count). The van der Waals surface area contributed by atoms with Gasteiger partial charge in [0, 0.05) is 5.69 Å². The molecule has 0 radical (unpaired) electrons. The minimum Gasteiger partial charge on any atom is -0.505 e. The summed E-state index contributed by atoms with van der Waals surface area (Å²) < 4.78 is 1.43. The van der Waals surface area contributed by atoms with E-state index in [1.54, 1.807) is 30.3 Å². The van der Waals surface area contributed by atoms with Crippen LogP contribution in [-0.4, -0.2) is 38.2 Å². The molecule has 0 aliphatic rings. The second-order valence-electron chi connectivity index (χ2n) is 5.35. The van der Waals surface area contributed by atoms with E-state index in [-0.39, 0.29) is 26.8 Å². The molecular formula is C17H10Cl2N4O4. The predicted octanol–water partition coefficient (Wildman–Crippen LogP) is 2.72. The number of carbonyl (C=O) groups is 2. The fraction of sp³-hybridized carbons (Fsp3) is 0.0588. The Bertz CT molecular complexity index is 1120. The number of carboxylic acids is 1. The number of fused-ring (bicyclic) bond motifs is 1. The van der Waals surface area contributed by atoms with Crippen LogP contribution in [0.3, 0.4) is 0 Å². The smallest absolute Gasteiger partial charge is 0.322 e. The number of para-hydroxylation sites is 1. The molecule has 8 nitrogen and oxygen atoms in total. The fourth-order valence-corrected chi connectivity index (χ4v) is 3.13. The van der Waals surface area contributed by atoms with E-state index in [1.807, 2.05) is 6.07 Å². The van der Waals surface area contributed by atoms with Crippen molar-refractivity contribution >= 4 is 46.0 Å². The maximum atomic E-state index is 12.2. The Morgan fingerprint density at radius 3 is 2.52 bits per heavy atom. The number of amides is 1. The van der Waals surface area contributed by atoms with Crippen LogP contribution in [0, 0.1) is 11.3 Å². The quantitative estimate of drug-likeness (QED) is 0.612. The summed E-state index contributed by atoms with van der Waals surface area (Å²) in [5.41, 5.74) is -0.0313. The fourth-order valence-electron chi connectivity index (χ4n) is 2.59. The lowest BCUT2D eigenvalue weighted by Gasteiger charge is -2.10. The third-order valence-electron chi connectivity index (χ3n) is 3.70. The highest BCUT2D eigenvalue weighted by molar-refractivity contribution is 6.46. The monoisotopic (exact) mass is 404 g/mol. The summed E-state index contributed by atoms with van der Waals surface area (Å²) in [6.07, 6.45) is 0. The number of nitrogens with zero attached hydrogens (tertiary/aromatic N) is 3. The summed E-state index contributed by atoms with van der Waals surface area (Å²) in [5.74, 6) is -2.85. The number of aromatic hydroxyl groups is 1. The molecule has 136 valence electrons. The zero-order valence-corrected chi connectivity index (χ0v) is 14.9. The third kappa shape index (κ3) is 3.14. The van der Waals surface area contributed by atoms with E-state index >= 15 is 0 Å². The molecule has 0 bridgehead atoms. The summed E-state index contributed by atoms with van der Waals surface area (Å²) in [5, 5.41) is 30.7. The molecular weight excluding hydrogens is 395 g/mol. The molecule has 0 fully saturated rings. The Balaban J connectivity index is 2.31. The van der Waals surface area contributed by atoms with Gasteiger partial charge in [0.05, 0.1) is 15.9 Å². The first-order chi connectivity index (χ1) is 12.9. The maximum Gasteiger partial charge on any atom is 0.322 e.